The molecule has 1 unspecified atom stereocenters. The van der Waals surface area contributed by atoms with Gasteiger partial charge in [0.15, 0.2) is 11.5 Å². The van der Waals surface area contributed by atoms with Crippen LogP contribution in [0.25, 0.3) is 0 Å². The Balaban J connectivity index is 1.98. The number of hydrogen-bond acceptors (Lipinski definition) is 5. The van der Waals surface area contributed by atoms with Crippen molar-refractivity contribution in [2.75, 3.05) is 19.0 Å². The normalized spacial score (nSPS) is 12.1. The molecule has 1 atom stereocenters. The predicted molar refractivity (Wildman–Crippen MR) is 111 cm³/mol. The number of carbonyl (C=O) groups excluding carboxylic acids is 1. The molecule has 150 valence electrons. The maximum absolute atomic E-state index is 12.4. The summed E-state index contributed by atoms with van der Waals surface area (Å²) in [6.07, 6.45) is 0.797. The van der Waals surface area contributed by atoms with Crippen molar-refractivity contribution in [2.45, 2.75) is 39.7 Å². The third-order valence-electron chi connectivity index (χ3n) is 4.12. The highest BCUT2D eigenvalue weighted by atomic mass is 16.6. The van der Waals surface area contributed by atoms with E-state index in [4.69, 9.17) is 14.3 Å². The standard InChI is InChI=1S/C22H28N2O4/c1-6-27-20-12-11-17(13-21(20)26-5)14-23-28-16(4)22(25)24-19-10-8-7-9-18(19)15(2)3/h7-16H,6H2,1-5H3,(H,24,25)/b23-14+. The van der Waals surface area contributed by atoms with Gasteiger partial charge in [0, 0.05) is 11.3 Å². The number of ether oxygens (including phenoxy) is 2. The molecule has 0 fully saturated rings. The van der Waals surface area contributed by atoms with Crippen molar-refractivity contribution in [3.8, 4) is 11.5 Å². The summed E-state index contributed by atoms with van der Waals surface area (Å²) in [5, 5.41) is 6.84. The van der Waals surface area contributed by atoms with E-state index in [1.54, 1.807) is 20.1 Å². The highest BCUT2D eigenvalue weighted by Gasteiger charge is 2.16. The van der Waals surface area contributed by atoms with Gasteiger partial charge < -0.3 is 19.6 Å². The zero-order valence-electron chi connectivity index (χ0n) is 17.1. The van der Waals surface area contributed by atoms with Crippen LogP contribution in [0.2, 0.25) is 0 Å². The molecule has 1 N–H and O–H groups in total. The largest absolute Gasteiger partial charge is 0.493 e. The Morgan fingerprint density at radius 3 is 2.57 bits per heavy atom. The summed E-state index contributed by atoms with van der Waals surface area (Å²) in [5.41, 5.74) is 2.64. The van der Waals surface area contributed by atoms with Crippen LogP contribution in [0, 0.1) is 0 Å². The first kappa shape index (κ1) is 21.3. The molecule has 0 radical (unpaired) electrons. The Labute approximate surface area is 166 Å². The Hall–Kier alpha value is -3.02. The first-order chi connectivity index (χ1) is 13.5. The highest BCUT2D eigenvalue weighted by molar-refractivity contribution is 5.94. The van der Waals surface area contributed by atoms with Crippen molar-refractivity contribution >= 4 is 17.8 Å². The minimum absolute atomic E-state index is 0.255. The van der Waals surface area contributed by atoms with E-state index in [0.29, 0.717) is 24.0 Å². The molecule has 0 spiro atoms. The van der Waals surface area contributed by atoms with Gasteiger partial charge in [-0.1, -0.05) is 37.2 Å². The van der Waals surface area contributed by atoms with Crippen molar-refractivity contribution in [3.05, 3.63) is 53.6 Å². The number of anilines is 1. The molecule has 2 aromatic carbocycles. The van der Waals surface area contributed by atoms with E-state index in [2.05, 4.69) is 24.3 Å². The number of rotatable bonds is 9. The molecule has 0 aliphatic carbocycles. The van der Waals surface area contributed by atoms with Crippen molar-refractivity contribution < 1.29 is 19.1 Å². The molecule has 0 aromatic heterocycles. The molecule has 28 heavy (non-hydrogen) atoms. The monoisotopic (exact) mass is 384 g/mol. The Morgan fingerprint density at radius 1 is 1.14 bits per heavy atom. The number of carbonyl (C=O) groups is 1. The van der Waals surface area contributed by atoms with Gasteiger partial charge in [-0.05, 0) is 49.6 Å². The number of hydrogen-bond donors (Lipinski definition) is 1. The second kappa shape index (κ2) is 10.3. The number of oxime groups is 1. The van der Waals surface area contributed by atoms with E-state index < -0.39 is 6.10 Å². The zero-order valence-corrected chi connectivity index (χ0v) is 17.1. The van der Waals surface area contributed by atoms with Crippen molar-refractivity contribution in [3.63, 3.8) is 0 Å². The van der Waals surface area contributed by atoms with Gasteiger partial charge in [0.25, 0.3) is 5.91 Å². The second-order valence-electron chi connectivity index (χ2n) is 6.56. The van der Waals surface area contributed by atoms with Gasteiger partial charge in [0.05, 0.1) is 19.9 Å². The molecule has 0 bridgehead atoms. The van der Waals surface area contributed by atoms with Crippen molar-refractivity contribution in [1.82, 2.24) is 0 Å². The minimum Gasteiger partial charge on any atom is -0.493 e. The molecule has 0 aliphatic rings. The average Bonchev–Trinajstić information content (AvgIpc) is 2.69. The quantitative estimate of drug-likeness (QED) is 0.507. The molecular formula is C22H28N2O4. The Kier molecular flexibility index (Phi) is 7.87. The fourth-order valence-corrected chi connectivity index (χ4v) is 2.62. The van der Waals surface area contributed by atoms with Gasteiger partial charge in [0.2, 0.25) is 6.10 Å². The lowest BCUT2D eigenvalue weighted by atomic mass is 10.0. The van der Waals surface area contributed by atoms with Crippen LogP contribution in [0.5, 0.6) is 11.5 Å². The van der Waals surface area contributed by atoms with E-state index in [0.717, 1.165) is 16.8 Å². The van der Waals surface area contributed by atoms with Gasteiger partial charge in [-0.15, -0.1) is 0 Å². The van der Waals surface area contributed by atoms with E-state index in [1.165, 1.54) is 6.21 Å². The number of nitrogens with one attached hydrogen (secondary N) is 1. The number of nitrogens with zero attached hydrogens (tertiary/aromatic N) is 1. The molecule has 0 heterocycles. The zero-order chi connectivity index (χ0) is 20.5. The Bertz CT molecular complexity index is 818. The lowest BCUT2D eigenvalue weighted by Crippen LogP contribution is -2.27. The molecule has 2 aromatic rings. The Morgan fingerprint density at radius 2 is 1.89 bits per heavy atom. The summed E-state index contributed by atoms with van der Waals surface area (Å²) in [6, 6.07) is 13.2. The van der Waals surface area contributed by atoms with Crippen LogP contribution in [-0.4, -0.2) is 31.9 Å². The van der Waals surface area contributed by atoms with Crippen LogP contribution < -0.4 is 14.8 Å². The predicted octanol–water partition coefficient (Wildman–Crippen LogP) is 4.60. The van der Waals surface area contributed by atoms with Crippen LogP contribution in [0.3, 0.4) is 0 Å². The third kappa shape index (κ3) is 5.74. The van der Waals surface area contributed by atoms with Gasteiger partial charge in [0.1, 0.15) is 0 Å². The van der Waals surface area contributed by atoms with Crippen molar-refractivity contribution in [2.24, 2.45) is 5.16 Å². The summed E-state index contributed by atoms with van der Waals surface area (Å²) in [4.78, 5) is 17.7. The number of para-hydroxylation sites is 1. The summed E-state index contributed by atoms with van der Waals surface area (Å²) in [7, 11) is 1.58. The van der Waals surface area contributed by atoms with E-state index in [9.17, 15) is 4.79 Å². The number of amides is 1. The molecule has 0 saturated carbocycles. The minimum atomic E-state index is -0.735. The van der Waals surface area contributed by atoms with Gasteiger partial charge in [-0.25, -0.2) is 0 Å². The van der Waals surface area contributed by atoms with Gasteiger partial charge >= 0.3 is 0 Å². The summed E-state index contributed by atoms with van der Waals surface area (Å²) in [6.45, 7) is 8.29. The smallest absolute Gasteiger partial charge is 0.267 e. The second-order valence-corrected chi connectivity index (χ2v) is 6.56. The van der Waals surface area contributed by atoms with Crippen LogP contribution in [0.15, 0.2) is 47.6 Å². The third-order valence-corrected chi connectivity index (χ3v) is 4.12. The average molecular weight is 384 g/mol. The van der Waals surface area contributed by atoms with Gasteiger partial charge in [-0.3, -0.25) is 4.79 Å². The van der Waals surface area contributed by atoms with Crippen LogP contribution in [-0.2, 0) is 9.63 Å². The number of benzene rings is 2. The van der Waals surface area contributed by atoms with Crippen LogP contribution in [0.4, 0.5) is 5.69 Å². The molecule has 0 saturated heterocycles. The van der Waals surface area contributed by atoms with Gasteiger partial charge in [-0.2, -0.15) is 0 Å². The first-order valence-electron chi connectivity index (χ1n) is 9.36. The highest BCUT2D eigenvalue weighted by Crippen LogP contribution is 2.27. The maximum Gasteiger partial charge on any atom is 0.267 e. The molecular weight excluding hydrogens is 356 g/mol. The van der Waals surface area contributed by atoms with E-state index in [1.807, 2.05) is 43.3 Å². The maximum atomic E-state index is 12.4. The molecule has 2 rings (SSSR count). The summed E-state index contributed by atoms with van der Waals surface area (Å²) >= 11 is 0. The van der Waals surface area contributed by atoms with Crippen LogP contribution >= 0.6 is 0 Å². The van der Waals surface area contributed by atoms with Crippen LogP contribution in [0.1, 0.15) is 44.7 Å². The number of methoxy groups -OCH3 is 1. The molecule has 0 aliphatic heterocycles. The fraction of sp³-hybridized carbons (Fsp3) is 0.364. The fourth-order valence-electron chi connectivity index (χ4n) is 2.62. The molecule has 6 heteroatoms. The summed E-state index contributed by atoms with van der Waals surface area (Å²) in [5.74, 6) is 1.33. The van der Waals surface area contributed by atoms with E-state index >= 15 is 0 Å². The lowest BCUT2D eigenvalue weighted by Gasteiger charge is -2.15. The van der Waals surface area contributed by atoms with E-state index in [-0.39, 0.29) is 5.91 Å². The summed E-state index contributed by atoms with van der Waals surface area (Å²) < 4.78 is 10.8. The SMILES string of the molecule is CCOc1ccc(/C=N/OC(C)C(=O)Nc2ccccc2C(C)C)cc1OC. The lowest BCUT2D eigenvalue weighted by molar-refractivity contribution is -0.126. The van der Waals surface area contributed by atoms with Crippen molar-refractivity contribution in [1.29, 1.82) is 0 Å². The topological polar surface area (TPSA) is 69.2 Å². The molecule has 1 amide bonds. The molecule has 6 nitrogen and oxygen atoms in total. The first-order valence-corrected chi connectivity index (χ1v) is 9.36.